The molecule has 0 aliphatic rings. The Bertz CT molecular complexity index is 569. The summed E-state index contributed by atoms with van der Waals surface area (Å²) in [7, 11) is 1.57. The van der Waals surface area contributed by atoms with Crippen molar-refractivity contribution >= 4 is 11.6 Å². The monoisotopic (exact) mass is 281 g/mol. The molecule has 1 aromatic carbocycles. The van der Waals surface area contributed by atoms with Gasteiger partial charge in [0.2, 0.25) is 0 Å². The van der Waals surface area contributed by atoms with Gasteiger partial charge in [-0.15, -0.1) is 5.10 Å². The summed E-state index contributed by atoms with van der Waals surface area (Å²) in [5.74, 6) is 0.616. The lowest BCUT2D eigenvalue weighted by atomic mass is 10.2. The van der Waals surface area contributed by atoms with Crippen LogP contribution in [-0.4, -0.2) is 27.2 Å². The highest BCUT2D eigenvalue weighted by molar-refractivity contribution is 6.32. The minimum Gasteiger partial charge on any atom is -0.495 e. The molecule has 0 spiro atoms. The maximum absolute atomic E-state index is 9.28. The molecule has 0 atom stereocenters. The Morgan fingerprint density at radius 3 is 2.79 bits per heavy atom. The van der Waals surface area contributed by atoms with Gasteiger partial charge in [-0.3, -0.25) is 0 Å². The van der Waals surface area contributed by atoms with E-state index in [1.54, 1.807) is 23.9 Å². The van der Waals surface area contributed by atoms with Crippen LogP contribution >= 0.6 is 11.6 Å². The quantitative estimate of drug-likeness (QED) is 0.914. The van der Waals surface area contributed by atoms with E-state index < -0.39 is 0 Å². The Hall–Kier alpha value is -1.59. The van der Waals surface area contributed by atoms with Gasteiger partial charge in [0.05, 0.1) is 30.1 Å². The van der Waals surface area contributed by atoms with Crippen LogP contribution in [0.4, 0.5) is 0 Å². The second kappa shape index (κ2) is 6.04. The number of hydrogen-bond acceptors (Lipinski definition) is 4. The number of nitrogens with zero attached hydrogens (tertiary/aromatic N) is 3. The summed E-state index contributed by atoms with van der Waals surface area (Å²) < 4.78 is 6.83. The molecular weight excluding hydrogens is 266 g/mol. The molecule has 1 heterocycles. The summed E-state index contributed by atoms with van der Waals surface area (Å²) in [6.07, 6.45) is 1.75. The first-order valence-electron chi connectivity index (χ1n) is 6.09. The molecule has 0 radical (unpaired) electrons. The van der Waals surface area contributed by atoms with E-state index in [-0.39, 0.29) is 6.61 Å². The second-order valence-electron chi connectivity index (χ2n) is 4.12. The number of rotatable bonds is 5. The fourth-order valence-electron chi connectivity index (χ4n) is 1.94. The zero-order valence-corrected chi connectivity index (χ0v) is 11.7. The zero-order valence-electron chi connectivity index (χ0n) is 10.9. The van der Waals surface area contributed by atoms with Crippen molar-refractivity contribution in [3.05, 3.63) is 34.6 Å². The van der Waals surface area contributed by atoms with Gasteiger partial charge < -0.3 is 9.84 Å². The maximum atomic E-state index is 9.28. The summed E-state index contributed by atoms with van der Waals surface area (Å²) in [5.41, 5.74) is 2.32. The van der Waals surface area contributed by atoms with E-state index in [2.05, 4.69) is 17.2 Å². The topological polar surface area (TPSA) is 60.2 Å². The van der Waals surface area contributed by atoms with Crippen molar-refractivity contribution in [3.63, 3.8) is 0 Å². The molecule has 6 heteroatoms. The van der Waals surface area contributed by atoms with Gasteiger partial charge in [-0.1, -0.05) is 30.2 Å². The molecule has 0 saturated carbocycles. The number of aromatic nitrogens is 3. The van der Waals surface area contributed by atoms with Gasteiger partial charge in [0.15, 0.2) is 0 Å². The average molecular weight is 282 g/mol. The largest absolute Gasteiger partial charge is 0.495 e. The fraction of sp³-hybridized carbons (Fsp3) is 0.385. The fourth-order valence-corrected chi connectivity index (χ4v) is 2.19. The van der Waals surface area contributed by atoms with Crippen molar-refractivity contribution in [1.82, 2.24) is 15.0 Å². The molecule has 5 nitrogen and oxygen atoms in total. The van der Waals surface area contributed by atoms with Gasteiger partial charge in [0, 0.05) is 0 Å². The highest BCUT2D eigenvalue weighted by atomic mass is 35.5. The predicted octanol–water partition coefficient (Wildman–Crippen LogP) is 2.37. The molecule has 19 heavy (non-hydrogen) atoms. The molecule has 102 valence electrons. The van der Waals surface area contributed by atoms with Crippen molar-refractivity contribution in [2.24, 2.45) is 0 Å². The van der Waals surface area contributed by atoms with E-state index >= 15 is 0 Å². The van der Waals surface area contributed by atoms with Crippen LogP contribution in [0.1, 0.15) is 24.7 Å². The van der Waals surface area contributed by atoms with Crippen molar-refractivity contribution in [1.29, 1.82) is 0 Å². The summed E-state index contributed by atoms with van der Waals surface area (Å²) in [4.78, 5) is 0. The van der Waals surface area contributed by atoms with Gasteiger partial charge in [0.25, 0.3) is 0 Å². The number of halogens is 1. The van der Waals surface area contributed by atoms with Gasteiger partial charge in [-0.2, -0.15) is 0 Å². The van der Waals surface area contributed by atoms with Gasteiger partial charge in [-0.05, 0) is 24.6 Å². The minimum absolute atomic E-state index is 0.112. The third kappa shape index (κ3) is 2.72. The van der Waals surface area contributed by atoms with Gasteiger partial charge >= 0.3 is 0 Å². The van der Waals surface area contributed by atoms with Crippen LogP contribution in [-0.2, 0) is 13.0 Å². The van der Waals surface area contributed by atoms with E-state index in [0.29, 0.717) is 16.5 Å². The molecule has 0 amide bonds. The number of benzene rings is 1. The summed E-state index contributed by atoms with van der Waals surface area (Å²) in [6.45, 7) is 1.96. The van der Waals surface area contributed by atoms with Crippen LogP contribution in [0, 0.1) is 0 Å². The molecule has 1 N–H and O–H groups in total. The van der Waals surface area contributed by atoms with E-state index in [4.69, 9.17) is 16.3 Å². The van der Waals surface area contributed by atoms with E-state index in [9.17, 15) is 5.11 Å². The second-order valence-corrected chi connectivity index (χ2v) is 4.53. The van der Waals surface area contributed by atoms with Crippen LogP contribution < -0.4 is 4.74 Å². The number of hydrogen-bond donors (Lipinski definition) is 1. The van der Waals surface area contributed by atoms with Crippen LogP contribution in [0.5, 0.6) is 5.75 Å². The lowest BCUT2D eigenvalue weighted by Gasteiger charge is -2.09. The Labute approximate surface area is 116 Å². The molecule has 0 bridgehead atoms. The first kappa shape index (κ1) is 13.8. The lowest BCUT2D eigenvalue weighted by molar-refractivity contribution is 0.275. The predicted molar refractivity (Wildman–Crippen MR) is 72.8 cm³/mol. The SMILES string of the molecule is CCCc1c(CO)nnn1-c1ccc(OC)c(Cl)c1. The first-order valence-corrected chi connectivity index (χ1v) is 6.47. The molecule has 0 saturated heterocycles. The Balaban J connectivity index is 2.46. The Kier molecular flexibility index (Phi) is 4.39. The minimum atomic E-state index is -0.112. The molecular formula is C13H16ClN3O2. The van der Waals surface area contributed by atoms with E-state index in [0.717, 1.165) is 24.2 Å². The smallest absolute Gasteiger partial charge is 0.137 e. The van der Waals surface area contributed by atoms with Crippen LogP contribution in [0.15, 0.2) is 18.2 Å². The number of aliphatic hydroxyl groups excluding tert-OH is 1. The molecule has 2 rings (SSSR count). The third-order valence-corrected chi connectivity index (χ3v) is 3.16. The van der Waals surface area contributed by atoms with Crippen molar-refractivity contribution in [2.75, 3.05) is 7.11 Å². The Morgan fingerprint density at radius 1 is 1.42 bits per heavy atom. The van der Waals surface area contributed by atoms with E-state index in [1.807, 2.05) is 6.07 Å². The van der Waals surface area contributed by atoms with Gasteiger partial charge in [-0.25, -0.2) is 4.68 Å². The molecule has 1 aromatic heterocycles. The van der Waals surface area contributed by atoms with Gasteiger partial charge in [0.1, 0.15) is 11.4 Å². The van der Waals surface area contributed by atoms with Crippen LogP contribution in [0.2, 0.25) is 5.02 Å². The summed E-state index contributed by atoms with van der Waals surface area (Å²) >= 11 is 6.11. The third-order valence-electron chi connectivity index (χ3n) is 2.86. The van der Waals surface area contributed by atoms with Crippen LogP contribution in [0.3, 0.4) is 0 Å². The standard InChI is InChI=1S/C13H16ClN3O2/c1-3-4-12-11(8-18)15-16-17(12)9-5-6-13(19-2)10(14)7-9/h5-7,18H,3-4,8H2,1-2H3. The normalized spacial score (nSPS) is 10.7. The summed E-state index contributed by atoms with van der Waals surface area (Å²) in [6, 6.07) is 5.42. The average Bonchev–Trinajstić information content (AvgIpc) is 2.82. The first-order chi connectivity index (χ1) is 9.21. The van der Waals surface area contributed by atoms with E-state index in [1.165, 1.54) is 0 Å². The Morgan fingerprint density at radius 2 is 2.21 bits per heavy atom. The van der Waals surface area contributed by atoms with Crippen molar-refractivity contribution in [3.8, 4) is 11.4 Å². The highest BCUT2D eigenvalue weighted by Crippen LogP contribution is 2.27. The van der Waals surface area contributed by atoms with Crippen LogP contribution in [0.25, 0.3) is 5.69 Å². The number of ether oxygens (including phenoxy) is 1. The number of methoxy groups -OCH3 is 1. The van der Waals surface area contributed by atoms with Crippen molar-refractivity contribution in [2.45, 2.75) is 26.4 Å². The molecule has 2 aromatic rings. The lowest BCUT2D eigenvalue weighted by Crippen LogP contribution is -2.04. The molecule has 0 aliphatic heterocycles. The zero-order chi connectivity index (χ0) is 13.8. The molecule has 0 unspecified atom stereocenters. The molecule has 0 aliphatic carbocycles. The maximum Gasteiger partial charge on any atom is 0.137 e. The van der Waals surface area contributed by atoms with Crippen molar-refractivity contribution < 1.29 is 9.84 Å². The molecule has 0 fully saturated rings. The number of aliphatic hydroxyl groups is 1. The summed E-state index contributed by atoms with van der Waals surface area (Å²) in [5, 5.41) is 17.9. The highest BCUT2D eigenvalue weighted by Gasteiger charge is 2.13.